The Labute approximate surface area is 128 Å². The van der Waals surface area contributed by atoms with Crippen LogP contribution in [0.5, 0.6) is 0 Å². The fraction of sp³-hybridized carbons (Fsp3) is 0.524. The Morgan fingerprint density at radius 1 is 0.714 bits per heavy atom. The van der Waals surface area contributed by atoms with Gasteiger partial charge in [0.2, 0.25) is 0 Å². The summed E-state index contributed by atoms with van der Waals surface area (Å²) in [6.07, 6.45) is 13.0. The van der Waals surface area contributed by atoms with Crippen molar-refractivity contribution in [1.29, 1.82) is 0 Å². The molecule has 2 aliphatic carbocycles. The summed E-state index contributed by atoms with van der Waals surface area (Å²) in [6, 6.07) is 16.2. The summed E-state index contributed by atoms with van der Waals surface area (Å²) < 4.78 is 0. The van der Waals surface area contributed by atoms with Crippen LogP contribution in [0.1, 0.15) is 63.4 Å². The molecule has 0 saturated heterocycles. The van der Waals surface area contributed by atoms with Gasteiger partial charge in [-0.3, -0.25) is 0 Å². The van der Waals surface area contributed by atoms with Crippen molar-refractivity contribution in [2.45, 2.75) is 63.2 Å². The van der Waals surface area contributed by atoms with Crippen molar-refractivity contribution in [3.63, 3.8) is 0 Å². The van der Waals surface area contributed by atoms with Gasteiger partial charge in [-0.1, -0.05) is 74.6 Å². The van der Waals surface area contributed by atoms with Crippen molar-refractivity contribution in [1.82, 2.24) is 0 Å². The largest absolute Gasteiger partial charge is 0.0616 e. The second-order valence-corrected chi connectivity index (χ2v) is 7.26. The summed E-state index contributed by atoms with van der Waals surface area (Å²) in [7, 11) is 0. The average molecular weight is 278 g/mol. The summed E-state index contributed by atoms with van der Waals surface area (Å²) in [5.74, 6) is 0.943. The maximum atomic E-state index is 2.51. The number of hydrogen-bond acceptors (Lipinski definition) is 0. The molecule has 4 rings (SSSR count). The van der Waals surface area contributed by atoms with Crippen LogP contribution in [0.3, 0.4) is 0 Å². The van der Waals surface area contributed by atoms with Gasteiger partial charge in [0, 0.05) is 0 Å². The Bertz CT molecular complexity index is 613. The van der Waals surface area contributed by atoms with E-state index in [-0.39, 0.29) is 0 Å². The van der Waals surface area contributed by atoms with E-state index < -0.39 is 0 Å². The van der Waals surface area contributed by atoms with Gasteiger partial charge in [-0.2, -0.15) is 0 Å². The molecule has 0 atom stereocenters. The molecule has 0 amide bonds. The van der Waals surface area contributed by atoms with Crippen molar-refractivity contribution < 1.29 is 0 Å². The monoisotopic (exact) mass is 278 g/mol. The summed E-state index contributed by atoms with van der Waals surface area (Å²) >= 11 is 0. The van der Waals surface area contributed by atoms with E-state index in [4.69, 9.17) is 0 Å². The zero-order chi connectivity index (χ0) is 14.1. The first-order chi connectivity index (χ1) is 10.4. The molecule has 0 spiro atoms. The van der Waals surface area contributed by atoms with E-state index in [1.165, 1.54) is 68.6 Å². The number of hydrogen-bond donors (Lipinski definition) is 0. The second-order valence-electron chi connectivity index (χ2n) is 7.26. The lowest BCUT2D eigenvalue weighted by molar-refractivity contribution is 0.192. The van der Waals surface area contributed by atoms with Crippen LogP contribution >= 0.6 is 0 Å². The van der Waals surface area contributed by atoms with Crippen LogP contribution in [-0.4, -0.2) is 0 Å². The molecule has 0 unspecified atom stereocenters. The zero-order valence-electron chi connectivity index (χ0n) is 13.0. The normalized spacial score (nSPS) is 22.7. The van der Waals surface area contributed by atoms with E-state index in [1.54, 1.807) is 5.56 Å². The molecule has 2 aromatic rings. The maximum Gasteiger partial charge on any atom is -0.00185 e. The molecule has 2 fully saturated rings. The first-order valence-corrected chi connectivity index (χ1v) is 8.88. The van der Waals surface area contributed by atoms with E-state index in [1.807, 2.05) is 0 Å². The number of benzene rings is 2. The van der Waals surface area contributed by atoms with Crippen LogP contribution in [-0.2, 0) is 5.41 Å². The zero-order valence-corrected chi connectivity index (χ0v) is 13.0. The highest BCUT2D eigenvalue weighted by atomic mass is 14.5. The van der Waals surface area contributed by atoms with Crippen molar-refractivity contribution in [2.75, 3.05) is 0 Å². The van der Waals surface area contributed by atoms with Gasteiger partial charge in [-0.25, -0.2) is 0 Å². The SMILES string of the molecule is c1ccc2cc(C3(C4CCCC4)CCCCC3)ccc2c1. The lowest BCUT2D eigenvalue weighted by Gasteiger charge is -2.43. The molecular weight excluding hydrogens is 252 g/mol. The third-order valence-electron chi connectivity index (χ3n) is 6.21. The quantitative estimate of drug-likeness (QED) is 0.610. The Hall–Kier alpha value is -1.30. The van der Waals surface area contributed by atoms with Gasteiger partial charge in [-0.05, 0) is 53.4 Å². The topological polar surface area (TPSA) is 0 Å². The van der Waals surface area contributed by atoms with Gasteiger partial charge in [0.05, 0.1) is 0 Å². The molecule has 0 heteroatoms. The molecule has 0 aromatic heterocycles. The lowest BCUT2D eigenvalue weighted by atomic mass is 9.61. The highest BCUT2D eigenvalue weighted by Gasteiger charge is 2.42. The predicted octanol–water partition coefficient (Wildman–Crippen LogP) is 6.23. The second kappa shape index (κ2) is 5.48. The molecular formula is C21H26. The van der Waals surface area contributed by atoms with E-state index in [9.17, 15) is 0 Å². The molecule has 2 aliphatic rings. The Balaban J connectivity index is 1.80. The molecule has 2 aromatic carbocycles. The minimum Gasteiger partial charge on any atom is -0.0616 e. The molecule has 0 aliphatic heterocycles. The standard InChI is InChI=1S/C21H26/c1-6-14-21(15-7-1,19-10-4-5-11-19)20-13-12-17-8-2-3-9-18(17)16-20/h2-3,8-9,12-13,16,19H,1,4-7,10-11,14-15H2. The Morgan fingerprint density at radius 2 is 1.43 bits per heavy atom. The Morgan fingerprint density at radius 3 is 2.19 bits per heavy atom. The summed E-state index contributed by atoms with van der Waals surface area (Å²) in [5.41, 5.74) is 2.14. The molecule has 0 N–H and O–H groups in total. The van der Waals surface area contributed by atoms with Crippen molar-refractivity contribution >= 4 is 10.8 Å². The fourth-order valence-electron chi connectivity index (χ4n) is 5.09. The van der Waals surface area contributed by atoms with Crippen LogP contribution in [0.25, 0.3) is 10.8 Å². The molecule has 110 valence electrons. The van der Waals surface area contributed by atoms with Gasteiger partial charge in [-0.15, -0.1) is 0 Å². The predicted molar refractivity (Wildman–Crippen MR) is 90.7 cm³/mol. The average Bonchev–Trinajstić information content (AvgIpc) is 3.10. The first kappa shape index (κ1) is 13.4. The number of fused-ring (bicyclic) bond motifs is 1. The van der Waals surface area contributed by atoms with Gasteiger partial charge < -0.3 is 0 Å². The fourth-order valence-corrected chi connectivity index (χ4v) is 5.09. The smallest absolute Gasteiger partial charge is 0.00185 e. The van der Waals surface area contributed by atoms with Crippen molar-refractivity contribution in [3.05, 3.63) is 48.0 Å². The highest BCUT2D eigenvalue weighted by molar-refractivity contribution is 5.83. The molecule has 2 saturated carbocycles. The summed E-state index contributed by atoms with van der Waals surface area (Å²) in [6.45, 7) is 0. The third-order valence-corrected chi connectivity index (χ3v) is 6.21. The molecule has 21 heavy (non-hydrogen) atoms. The van der Waals surface area contributed by atoms with E-state index in [0.717, 1.165) is 5.92 Å². The first-order valence-electron chi connectivity index (χ1n) is 8.88. The van der Waals surface area contributed by atoms with Crippen LogP contribution < -0.4 is 0 Å². The third kappa shape index (κ3) is 2.29. The molecule has 0 bridgehead atoms. The van der Waals surface area contributed by atoms with Crippen LogP contribution in [0.2, 0.25) is 0 Å². The molecule has 0 nitrogen and oxygen atoms in total. The Kier molecular flexibility index (Phi) is 3.49. The van der Waals surface area contributed by atoms with Gasteiger partial charge in [0.25, 0.3) is 0 Å². The van der Waals surface area contributed by atoms with Crippen molar-refractivity contribution in [3.8, 4) is 0 Å². The van der Waals surface area contributed by atoms with Crippen molar-refractivity contribution in [2.24, 2.45) is 5.92 Å². The summed E-state index contributed by atoms with van der Waals surface area (Å²) in [4.78, 5) is 0. The molecule has 0 radical (unpaired) electrons. The van der Waals surface area contributed by atoms with Gasteiger partial charge in [0.1, 0.15) is 0 Å². The molecule has 0 heterocycles. The van der Waals surface area contributed by atoms with Gasteiger partial charge in [0.15, 0.2) is 0 Å². The lowest BCUT2D eigenvalue weighted by Crippen LogP contribution is -2.36. The number of rotatable bonds is 2. The maximum absolute atomic E-state index is 2.51. The summed E-state index contributed by atoms with van der Waals surface area (Å²) in [5, 5.41) is 2.82. The minimum absolute atomic E-state index is 0.499. The van der Waals surface area contributed by atoms with Crippen LogP contribution in [0, 0.1) is 5.92 Å². The van der Waals surface area contributed by atoms with Crippen LogP contribution in [0.4, 0.5) is 0 Å². The van der Waals surface area contributed by atoms with Gasteiger partial charge >= 0.3 is 0 Å². The van der Waals surface area contributed by atoms with E-state index in [2.05, 4.69) is 42.5 Å². The highest BCUT2D eigenvalue weighted by Crippen LogP contribution is 2.51. The van der Waals surface area contributed by atoms with E-state index >= 15 is 0 Å². The minimum atomic E-state index is 0.499. The van der Waals surface area contributed by atoms with E-state index in [0.29, 0.717) is 5.41 Å². The van der Waals surface area contributed by atoms with Crippen LogP contribution in [0.15, 0.2) is 42.5 Å².